The van der Waals surface area contributed by atoms with Crippen molar-refractivity contribution in [3.63, 3.8) is 0 Å². The SMILES string of the molecule is Cl.O=S(=O)(c1ccc2nccc(N3CCNCC3)c2c1)c1c(Cl)cccc1Cl. The van der Waals surface area contributed by atoms with E-state index in [0.29, 0.717) is 0 Å². The normalized spacial score (nSPS) is 14.7. The minimum absolute atomic E-state index is 0. The lowest BCUT2D eigenvalue weighted by atomic mass is 10.1. The van der Waals surface area contributed by atoms with Gasteiger partial charge in [-0.05, 0) is 36.4 Å². The molecule has 1 N–H and O–H groups in total. The molecule has 1 saturated heterocycles. The zero-order valence-electron chi connectivity index (χ0n) is 14.7. The number of rotatable bonds is 3. The Morgan fingerprint density at radius 1 is 1.00 bits per heavy atom. The van der Waals surface area contributed by atoms with Crippen molar-refractivity contribution >= 4 is 62.0 Å². The zero-order valence-corrected chi connectivity index (χ0v) is 17.9. The second-order valence-electron chi connectivity index (χ2n) is 6.30. The molecule has 0 radical (unpaired) electrons. The van der Waals surface area contributed by atoms with Gasteiger partial charge in [0.2, 0.25) is 9.84 Å². The Labute approximate surface area is 180 Å². The van der Waals surface area contributed by atoms with Crippen molar-refractivity contribution in [1.82, 2.24) is 10.3 Å². The fraction of sp³-hybridized carbons (Fsp3) is 0.211. The Morgan fingerprint density at radius 2 is 1.68 bits per heavy atom. The first-order valence-electron chi connectivity index (χ1n) is 8.52. The van der Waals surface area contributed by atoms with Gasteiger partial charge in [-0.25, -0.2) is 8.42 Å². The van der Waals surface area contributed by atoms with E-state index in [1.807, 2.05) is 6.07 Å². The summed E-state index contributed by atoms with van der Waals surface area (Å²) in [7, 11) is -3.86. The minimum atomic E-state index is -3.86. The highest BCUT2D eigenvalue weighted by molar-refractivity contribution is 7.91. The Balaban J connectivity index is 0.00000225. The van der Waals surface area contributed by atoms with E-state index >= 15 is 0 Å². The van der Waals surface area contributed by atoms with Crippen molar-refractivity contribution in [2.24, 2.45) is 0 Å². The van der Waals surface area contributed by atoms with Crippen LogP contribution < -0.4 is 10.2 Å². The van der Waals surface area contributed by atoms with Crippen LogP contribution in [0.3, 0.4) is 0 Å². The Morgan fingerprint density at radius 3 is 2.36 bits per heavy atom. The molecule has 0 spiro atoms. The molecule has 2 aromatic carbocycles. The number of pyridine rings is 1. The lowest BCUT2D eigenvalue weighted by molar-refractivity contribution is 0.590. The van der Waals surface area contributed by atoms with Crippen molar-refractivity contribution in [2.75, 3.05) is 31.1 Å². The van der Waals surface area contributed by atoms with Crippen molar-refractivity contribution in [2.45, 2.75) is 9.79 Å². The van der Waals surface area contributed by atoms with E-state index in [1.165, 1.54) is 12.1 Å². The molecule has 9 heteroatoms. The average molecular weight is 459 g/mol. The molecule has 1 fully saturated rings. The van der Waals surface area contributed by atoms with Gasteiger partial charge in [0.1, 0.15) is 4.90 Å². The molecule has 0 unspecified atom stereocenters. The fourth-order valence-corrected chi connectivity index (χ4v) is 5.73. The number of piperazine rings is 1. The standard InChI is InChI=1S/C19H17Cl2N3O2S.ClH/c20-15-2-1-3-16(21)19(15)27(25,26)13-4-5-17-14(12-13)18(6-7-23-17)24-10-8-22-9-11-24;/h1-7,12,22H,8-11H2;1H. The summed E-state index contributed by atoms with van der Waals surface area (Å²) >= 11 is 12.3. The van der Waals surface area contributed by atoms with Crippen LogP contribution in [-0.2, 0) is 9.84 Å². The second kappa shape index (κ2) is 8.43. The zero-order chi connectivity index (χ0) is 19.0. The van der Waals surface area contributed by atoms with E-state index in [9.17, 15) is 8.42 Å². The summed E-state index contributed by atoms with van der Waals surface area (Å²) in [5, 5.41) is 4.33. The predicted molar refractivity (Wildman–Crippen MR) is 116 cm³/mol. The van der Waals surface area contributed by atoms with Gasteiger partial charge in [-0.15, -0.1) is 12.4 Å². The van der Waals surface area contributed by atoms with Gasteiger partial charge >= 0.3 is 0 Å². The first-order valence-corrected chi connectivity index (χ1v) is 10.8. The van der Waals surface area contributed by atoms with Crippen LogP contribution >= 0.6 is 35.6 Å². The maximum Gasteiger partial charge on any atom is 0.209 e. The summed E-state index contributed by atoms with van der Waals surface area (Å²) in [5.41, 5.74) is 1.72. The largest absolute Gasteiger partial charge is 0.368 e. The molecular weight excluding hydrogens is 441 g/mol. The molecule has 0 aliphatic carbocycles. The maximum absolute atomic E-state index is 13.2. The Kier molecular flexibility index (Phi) is 6.37. The van der Waals surface area contributed by atoms with E-state index in [2.05, 4.69) is 15.2 Å². The molecule has 5 nitrogen and oxygen atoms in total. The van der Waals surface area contributed by atoms with Crippen LogP contribution in [0.15, 0.2) is 58.5 Å². The second-order valence-corrected chi connectivity index (χ2v) is 9.00. The number of sulfone groups is 1. The highest BCUT2D eigenvalue weighted by atomic mass is 35.5. The minimum Gasteiger partial charge on any atom is -0.368 e. The Hall–Kier alpha value is -1.57. The van der Waals surface area contributed by atoms with Gasteiger partial charge in [0, 0.05) is 43.4 Å². The molecule has 3 aromatic rings. The van der Waals surface area contributed by atoms with Crippen molar-refractivity contribution in [3.05, 3.63) is 58.7 Å². The molecular formula is C19H18Cl3N3O2S. The van der Waals surface area contributed by atoms with Gasteiger partial charge in [-0.3, -0.25) is 4.98 Å². The van der Waals surface area contributed by atoms with Gasteiger partial charge < -0.3 is 10.2 Å². The number of halogens is 3. The molecule has 4 rings (SSSR count). The lowest BCUT2D eigenvalue weighted by Crippen LogP contribution is -2.43. The summed E-state index contributed by atoms with van der Waals surface area (Å²) < 4.78 is 26.4. The van der Waals surface area contributed by atoms with Gasteiger partial charge in [-0.1, -0.05) is 29.3 Å². The van der Waals surface area contributed by atoms with Gasteiger partial charge in [0.15, 0.2) is 0 Å². The van der Waals surface area contributed by atoms with E-state index in [-0.39, 0.29) is 32.2 Å². The third-order valence-electron chi connectivity index (χ3n) is 4.65. The molecule has 0 atom stereocenters. The van der Waals surface area contributed by atoms with Crippen molar-refractivity contribution in [3.8, 4) is 0 Å². The van der Waals surface area contributed by atoms with Crippen LogP contribution in [0.2, 0.25) is 10.0 Å². The molecule has 28 heavy (non-hydrogen) atoms. The number of nitrogens with zero attached hydrogens (tertiary/aromatic N) is 2. The van der Waals surface area contributed by atoms with E-state index in [0.717, 1.165) is 42.8 Å². The van der Waals surface area contributed by atoms with E-state index < -0.39 is 9.84 Å². The van der Waals surface area contributed by atoms with Crippen LogP contribution in [-0.4, -0.2) is 39.6 Å². The summed E-state index contributed by atoms with van der Waals surface area (Å²) in [5.74, 6) is 0. The molecule has 148 valence electrons. The van der Waals surface area contributed by atoms with E-state index in [4.69, 9.17) is 23.2 Å². The molecule has 0 bridgehead atoms. The maximum atomic E-state index is 13.2. The molecule has 0 saturated carbocycles. The number of hydrogen-bond acceptors (Lipinski definition) is 5. The van der Waals surface area contributed by atoms with Crippen LogP contribution in [0.4, 0.5) is 5.69 Å². The molecule has 1 aliphatic heterocycles. The van der Waals surface area contributed by atoms with E-state index in [1.54, 1.807) is 30.5 Å². The average Bonchev–Trinajstić information content (AvgIpc) is 2.67. The molecule has 1 aromatic heterocycles. The Bertz CT molecular complexity index is 1100. The van der Waals surface area contributed by atoms with Crippen LogP contribution in [0.5, 0.6) is 0 Å². The summed E-state index contributed by atoms with van der Waals surface area (Å²) in [4.78, 5) is 6.69. The van der Waals surface area contributed by atoms with Crippen molar-refractivity contribution < 1.29 is 8.42 Å². The number of aromatic nitrogens is 1. The highest BCUT2D eigenvalue weighted by Gasteiger charge is 2.25. The third-order valence-corrected chi connectivity index (χ3v) is 7.35. The predicted octanol–water partition coefficient (Wildman–Crippen LogP) is 4.21. The number of benzene rings is 2. The number of anilines is 1. The first kappa shape index (κ1) is 21.1. The van der Waals surface area contributed by atoms with Crippen LogP contribution in [0.1, 0.15) is 0 Å². The number of nitrogens with one attached hydrogen (secondary N) is 1. The third kappa shape index (κ3) is 3.80. The van der Waals surface area contributed by atoms with Crippen LogP contribution in [0.25, 0.3) is 10.9 Å². The molecule has 1 aliphatic rings. The fourth-order valence-electron chi connectivity index (χ4n) is 3.32. The van der Waals surface area contributed by atoms with Gasteiger partial charge in [-0.2, -0.15) is 0 Å². The number of fused-ring (bicyclic) bond motifs is 1. The monoisotopic (exact) mass is 457 g/mol. The van der Waals surface area contributed by atoms with Gasteiger partial charge in [0.25, 0.3) is 0 Å². The smallest absolute Gasteiger partial charge is 0.209 e. The number of hydrogen-bond donors (Lipinski definition) is 1. The lowest BCUT2D eigenvalue weighted by Gasteiger charge is -2.30. The first-order chi connectivity index (χ1) is 13.0. The molecule has 0 amide bonds. The summed E-state index contributed by atoms with van der Waals surface area (Å²) in [6, 6.07) is 11.5. The van der Waals surface area contributed by atoms with Gasteiger partial charge in [0.05, 0.1) is 20.5 Å². The quantitative estimate of drug-likeness (QED) is 0.637. The topological polar surface area (TPSA) is 62.3 Å². The van der Waals surface area contributed by atoms with Crippen LogP contribution in [0, 0.1) is 0 Å². The van der Waals surface area contributed by atoms with Crippen molar-refractivity contribution in [1.29, 1.82) is 0 Å². The highest BCUT2D eigenvalue weighted by Crippen LogP contribution is 2.35. The summed E-state index contributed by atoms with van der Waals surface area (Å²) in [6.45, 7) is 3.48. The molecule has 2 heterocycles. The summed E-state index contributed by atoms with van der Waals surface area (Å²) in [6.07, 6.45) is 1.75.